The van der Waals surface area contributed by atoms with Crippen molar-refractivity contribution >= 4 is 11.9 Å². The first-order valence-corrected chi connectivity index (χ1v) is 8.31. The molecule has 2 aromatic rings. The van der Waals surface area contributed by atoms with E-state index in [2.05, 4.69) is 5.32 Å². The second-order valence-corrected chi connectivity index (χ2v) is 5.81. The third-order valence-corrected chi connectivity index (χ3v) is 3.82. The molecule has 2 rings (SSSR count). The lowest BCUT2D eigenvalue weighted by molar-refractivity contribution is -0.120. The van der Waals surface area contributed by atoms with Crippen molar-refractivity contribution in [3.05, 3.63) is 71.3 Å². The number of ether oxygens (including phenoxy) is 1. The van der Waals surface area contributed by atoms with Crippen LogP contribution in [0, 0.1) is 0 Å². The van der Waals surface area contributed by atoms with Crippen molar-refractivity contribution in [1.82, 2.24) is 5.32 Å². The monoisotopic (exact) mass is 341 g/mol. The van der Waals surface area contributed by atoms with Crippen LogP contribution in [0.3, 0.4) is 0 Å². The molecule has 0 heterocycles. The normalized spacial score (nSPS) is 11.7. The summed E-state index contributed by atoms with van der Waals surface area (Å²) in [6.45, 7) is 3.09. The molecule has 0 spiro atoms. The van der Waals surface area contributed by atoms with Crippen molar-refractivity contribution in [1.29, 1.82) is 0 Å². The zero-order valence-electron chi connectivity index (χ0n) is 14.3. The summed E-state index contributed by atoms with van der Waals surface area (Å²) in [5, 5.41) is 11.8. The Morgan fingerprint density at radius 1 is 1.12 bits per heavy atom. The third kappa shape index (κ3) is 6.39. The van der Waals surface area contributed by atoms with Gasteiger partial charge in [-0.2, -0.15) is 0 Å². The van der Waals surface area contributed by atoms with Crippen LogP contribution in [0.5, 0.6) is 0 Å². The van der Waals surface area contributed by atoms with Crippen molar-refractivity contribution in [3.63, 3.8) is 0 Å². The standard InChI is InChI=1S/C20H23NO4/c1-15(17-8-3-2-4-9-17)25-12-6-11-21-19(22)14-16-7-5-10-18(13-16)20(23)24/h2-5,7-10,13,15H,6,11-12,14H2,1H3,(H,21,22)(H,23,24). The van der Waals surface area contributed by atoms with Gasteiger partial charge in [-0.15, -0.1) is 0 Å². The summed E-state index contributed by atoms with van der Waals surface area (Å²) in [4.78, 5) is 22.8. The Kier molecular flexibility index (Phi) is 7.16. The molecule has 0 bridgehead atoms. The molecule has 0 radical (unpaired) electrons. The average Bonchev–Trinajstić information content (AvgIpc) is 2.62. The highest BCUT2D eigenvalue weighted by atomic mass is 16.5. The molecule has 5 heteroatoms. The summed E-state index contributed by atoms with van der Waals surface area (Å²) in [7, 11) is 0. The molecule has 0 aliphatic carbocycles. The van der Waals surface area contributed by atoms with Crippen LogP contribution in [-0.2, 0) is 16.0 Å². The van der Waals surface area contributed by atoms with Gasteiger partial charge in [0.15, 0.2) is 0 Å². The maximum absolute atomic E-state index is 11.9. The van der Waals surface area contributed by atoms with Crippen LogP contribution >= 0.6 is 0 Å². The average molecular weight is 341 g/mol. The van der Waals surface area contributed by atoms with Gasteiger partial charge < -0.3 is 15.2 Å². The third-order valence-electron chi connectivity index (χ3n) is 3.82. The van der Waals surface area contributed by atoms with E-state index >= 15 is 0 Å². The van der Waals surface area contributed by atoms with Crippen molar-refractivity contribution < 1.29 is 19.4 Å². The van der Waals surface area contributed by atoms with Crippen molar-refractivity contribution in [2.45, 2.75) is 25.9 Å². The maximum Gasteiger partial charge on any atom is 0.335 e. The number of hydrogen-bond donors (Lipinski definition) is 2. The van der Waals surface area contributed by atoms with Crippen LogP contribution in [0.2, 0.25) is 0 Å². The van der Waals surface area contributed by atoms with E-state index in [0.29, 0.717) is 18.7 Å². The molecule has 1 atom stereocenters. The van der Waals surface area contributed by atoms with E-state index in [1.165, 1.54) is 12.1 Å². The molecule has 1 unspecified atom stereocenters. The van der Waals surface area contributed by atoms with Gasteiger partial charge >= 0.3 is 5.97 Å². The number of carboxylic acids is 1. The number of benzene rings is 2. The molecule has 0 fully saturated rings. The first kappa shape index (κ1) is 18.7. The summed E-state index contributed by atoms with van der Waals surface area (Å²) >= 11 is 0. The number of carboxylic acid groups (broad SMARTS) is 1. The highest BCUT2D eigenvalue weighted by Gasteiger charge is 2.07. The Labute approximate surface area is 147 Å². The quantitative estimate of drug-likeness (QED) is 0.687. The smallest absolute Gasteiger partial charge is 0.335 e. The fourth-order valence-electron chi connectivity index (χ4n) is 2.44. The van der Waals surface area contributed by atoms with Crippen LogP contribution in [0.1, 0.15) is 40.9 Å². The Morgan fingerprint density at radius 2 is 1.88 bits per heavy atom. The van der Waals surface area contributed by atoms with Gasteiger partial charge in [0, 0.05) is 13.2 Å². The highest BCUT2D eigenvalue weighted by Crippen LogP contribution is 2.15. The molecule has 0 saturated carbocycles. The first-order valence-electron chi connectivity index (χ1n) is 8.31. The number of carbonyl (C=O) groups excluding carboxylic acids is 1. The molecule has 2 N–H and O–H groups in total. The van der Waals surface area contributed by atoms with Crippen LogP contribution in [-0.4, -0.2) is 30.1 Å². The van der Waals surface area contributed by atoms with E-state index in [4.69, 9.17) is 9.84 Å². The zero-order chi connectivity index (χ0) is 18.1. The van der Waals surface area contributed by atoms with Crippen molar-refractivity contribution in [2.75, 3.05) is 13.2 Å². The highest BCUT2D eigenvalue weighted by molar-refractivity contribution is 5.88. The minimum atomic E-state index is -0.994. The summed E-state index contributed by atoms with van der Waals surface area (Å²) in [6.07, 6.45) is 0.913. The molecule has 0 aliphatic heterocycles. The van der Waals surface area contributed by atoms with Crippen LogP contribution in [0.4, 0.5) is 0 Å². The van der Waals surface area contributed by atoms with Crippen LogP contribution in [0.25, 0.3) is 0 Å². The van der Waals surface area contributed by atoms with E-state index in [-0.39, 0.29) is 24.0 Å². The van der Waals surface area contributed by atoms with Gasteiger partial charge in [-0.25, -0.2) is 4.79 Å². The predicted molar refractivity (Wildman–Crippen MR) is 95.5 cm³/mol. The fraction of sp³-hybridized carbons (Fsp3) is 0.300. The molecule has 1 amide bonds. The fourth-order valence-corrected chi connectivity index (χ4v) is 2.44. The topological polar surface area (TPSA) is 75.6 Å². The van der Waals surface area contributed by atoms with E-state index in [1.54, 1.807) is 12.1 Å². The Hall–Kier alpha value is -2.66. The minimum Gasteiger partial charge on any atom is -0.478 e. The van der Waals surface area contributed by atoms with E-state index < -0.39 is 5.97 Å². The number of aromatic carboxylic acids is 1. The van der Waals surface area contributed by atoms with Gasteiger partial charge in [-0.05, 0) is 36.6 Å². The van der Waals surface area contributed by atoms with Gasteiger partial charge in [-0.1, -0.05) is 42.5 Å². The maximum atomic E-state index is 11.9. The van der Waals surface area contributed by atoms with E-state index in [1.807, 2.05) is 37.3 Å². The number of rotatable bonds is 9. The van der Waals surface area contributed by atoms with Gasteiger partial charge in [0.05, 0.1) is 18.1 Å². The molecule has 132 valence electrons. The van der Waals surface area contributed by atoms with Crippen molar-refractivity contribution in [2.24, 2.45) is 0 Å². The number of nitrogens with one attached hydrogen (secondary N) is 1. The van der Waals surface area contributed by atoms with Crippen molar-refractivity contribution in [3.8, 4) is 0 Å². The minimum absolute atomic E-state index is 0.0238. The SMILES string of the molecule is CC(OCCCNC(=O)Cc1cccc(C(=O)O)c1)c1ccccc1. The molecular formula is C20H23NO4. The lowest BCUT2D eigenvalue weighted by Crippen LogP contribution is -2.27. The van der Waals surface area contributed by atoms with Gasteiger partial charge in [0.25, 0.3) is 0 Å². The lowest BCUT2D eigenvalue weighted by atomic mass is 10.1. The summed E-state index contributed by atoms with van der Waals surface area (Å²) in [5.41, 5.74) is 2.00. The van der Waals surface area contributed by atoms with Crippen LogP contribution in [0.15, 0.2) is 54.6 Å². The van der Waals surface area contributed by atoms with E-state index in [9.17, 15) is 9.59 Å². The number of amides is 1. The Bertz CT molecular complexity index is 700. The largest absolute Gasteiger partial charge is 0.478 e. The molecule has 0 saturated heterocycles. The molecule has 0 aliphatic rings. The zero-order valence-corrected chi connectivity index (χ0v) is 14.3. The van der Waals surface area contributed by atoms with Crippen LogP contribution < -0.4 is 5.32 Å². The number of hydrogen-bond acceptors (Lipinski definition) is 3. The molecule has 0 aromatic heterocycles. The lowest BCUT2D eigenvalue weighted by Gasteiger charge is -2.13. The van der Waals surface area contributed by atoms with Gasteiger partial charge in [0.2, 0.25) is 5.91 Å². The second-order valence-electron chi connectivity index (χ2n) is 5.81. The van der Waals surface area contributed by atoms with Gasteiger partial charge in [0.1, 0.15) is 0 Å². The predicted octanol–water partition coefficient (Wildman–Crippen LogP) is 3.21. The summed E-state index contributed by atoms with van der Waals surface area (Å²) < 4.78 is 5.75. The summed E-state index contributed by atoms with van der Waals surface area (Å²) in [6, 6.07) is 16.4. The van der Waals surface area contributed by atoms with Gasteiger partial charge in [-0.3, -0.25) is 4.79 Å². The number of carbonyl (C=O) groups is 2. The first-order chi connectivity index (χ1) is 12.1. The Morgan fingerprint density at radius 3 is 2.60 bits per heavy atom. The van der Waals surface area contributed by atoms with E-state index in [0.717, 1.165) is 12.0 Å². The molecule has 2 aromatic carbocycles. The molecule has 25 heavy (non-hydrogen) atoms. The Balaban J connectivity index is 1.65. The molecule has 5 nitrogen and oxygen atoms in total. The summed E-state index contributed by atoms with van der Waals surface area (Å²) in [5.74, 6) is -1.12. The molecular weight excluding hydrogens is 318 g/mol. The second kappa shape index (κ2) is 9.59.